The van der Waals surface area contributed by atoms with Crippen LogP contribution in [0.5, 0.6) is 0 Å². The summed E-state index contributed by atoms with van der Waals surface area (Å²) in [6.45, 7) is 1.87. The van der Waals surface area contributed by atoms with Crippen molar-refractivity contribution < 1.29 is 4.42 Å². The molecule has 0 amide bonds. The lowest BCUT2D eigenvalue weighted by molar-refractivity contribution is 0.577. The molecule has 3 heteroatoms. The van der Waals surface area contributed by atoms with Crippen molar-refractivity contribution in [2.45, 2.75) is 6.92 Å². The maximum Gasteiger partial charge on any atom is 0.135 e. The van der Waals surface area contributed by atoms with Crippen molar-refractivity contribution in [3.8, 4) is 0 Å². The standard InChI is InChI=1S/C10H9NOS/c1-6-9(10(11)13)7-4-2-3-5-8(7)12-6/h2-5H,1H3,(H2,11,13). The lowest BCUT2D eigenvalue weighted by atomic mass is 10.1. The number of hydrogen-bond donors (Lipinski definition) is 1. The molecule has 2 N–H and O–H groups in total. The molecule has 0 atom stereocenters. The van der Waals surface area contributed by atoms with Crippen LogP contribution in [0.1, 0.15) is 11.3 Å². The minimum absolute atomic E-state index is 0.391. The molecule has 0 aliphatic rings. The molecule has 0 radical (unpaired) electrons. The first kappa shape index (κ1) is 8.26. The summed E-state index contributed by atoms with van der Waals surface area (Å²) in [4.78, 5) is 0.391. The Kier molecular flexibility index (Phi) is 1.81. The van der Waals surface area contributed by atoms with E-state index < -0.39 is 0 Å². The van der Waals surface area contributed by atoms with Crippen molar-refractivity contribution in [2.75, 3.05) is 0 Å². The van der Waals surface area contributed by atoms with Gasteiger partial charge in [0.2, 0.25) is 0 Å². The molecule has 1 aromatic carbocycles. The molecule has 2 aromatic rings. The molecule has 0 saturated carbocycles. The Morgan fingerprint density at radius 1 is 1.38 bits per heavy atom. The number of fused-ring (bicyclic) bond motifs is 1. The van der Waals surface area contributed by atoms with Gasteiger partial charge in [0.1, 0.15) is 16.3 Å². The van der Waals surface area contributed by atoms with E-state index >= 15 is 0 Å². The Morgan fingerprint density at radius 3 is 2.77 bits per heavy atom. The Bertz CT molecular complexity index is 473. The predicted octanol–water partition coefficient (Wildman–Crippen LogP) is 2.38. The normalized spacial score (nSPS) is 10.5. The molecule has 0 bridgehead atoms. The Labute approximate surface area is 81.3 Å². The third kappa shape index (κ3) is 1.21. The van der Waals surface area contributed by atoms with E-state index in [2.05, 4.69) is 0 Å². The number of nitrogens with two attached hydrogens (primary N) is 1. The third-order valence-corrected chi connectivity index (χ3v) is 2.22. The fourth-order valence-corrected chi connectivity index (χ4v) is 1.73. The molecule has 2 nitrogen and oxygen atoms in total. The number of thiocarbonyl (C=S) groups is 1. The fraction of sp³-hybridized carbons (Fsp3) is 0.100. The zero-order valence-corrected chi connectivity index (χ0v) is 8.02. The first-order valence-corrected chi connectivity index (χ1v) is 4.39. The van der Waals surface area contributed by atoms with Crippen molar-refractivity contribution in [1.29, 1.82) is 0 Å². The summed E-state index contributed by atoms with van der Waals surface area (Å²) in [6.07, 6.45) is 0. The van der Waals surface area contributed by atoms with Crippen LogP contribution in [0.3, 0.4) is 0 Å². The van der Waals surface area contributed by atoms with Crippen LogP contribution in [0.4, 0.5) is 0 Å². The van der Waals surface area contributed by atoms with Crippen LogP contribution in [0.2, 0.25) is 0 Å². The van der Waals surface area contributed by atoms with Crippen LogP contribution in [0, 0.1) is 6.92 Å². The van der Waals surface area contributed by atoms with Gasteiger partial charge in [-0.05, 0) is 13.0 Å². The molecule has 0 aliphatic heterocycles. The number of furan rings is 1. The maximum absolute atomic E-state index is 5.60. The maximum atomic E-state index is 5.60. The lowest BCUT2D eigenvalue weighted by Gasteiger charge is -1.93. The van der Waals surface area contributed by atoms with E-state index in [1.165, 1.54) is 0 Å². The molecule has 0 aliphatic carbocycles. The summed E-state index contributed by atoms with van der Waals surface area (Å²) in [5, 5.41) is 0.993. The first-order chi connectivity index (χ1) is 6.20. The van der Waals surface area contributed by atoms with E-state index in [0.717, 1.165) is 22.3 Å². The van der Waals surface area contributed by atoms with Gasteiger partial charge in [0, 0.05) is 5.39 Å². The van der Waals surface area contributed by atoms with Crippen LogP contribution in [-0.4, -0.2) is 4.99 Å². The minimum atomic E-state index is 0.391. The van der Waals surface area contributed by atoms with Gasteiger partial charge >= 0.3 is 0 Å². The van der Waals surface area contributed by atoms with Gasteiger partial charge in [0.15, 0.2) is 0 Å². The molecule has 1 heterocycles. The molecule has 66 valence electrons. The fourth-order valence-electron chi connectivity index (χ4n) is 1.47. The number of para-hydroxylation sites is 1. The quantitative estimate of drug-likeness (QED) is 0.703. The summed E-state index contributed by atoms with van der Waals surface area (Å²) in [5.74, 6) is 0.786. The number of benzene rings is 1. The Balaban J connectivity index is 2.86. The van der Waals surface area contributed by atoms with Gasteiger partial charge in [-0.1, -0.05) is 30.4 Å². The highest BCUT2D eigenvalue weighted by molar-refractivity contribution is 7.80. The molecule has 0 fully saturated rings. The Morgan fingerprint density at radius 2 is 2.08 bits per heavy atom. The summed E-state index contributed by atoms with van der Waals surface area (Å²) < 4.78 is 5.49. The molecule has 0 unspecified atom stereocenters. The predicted molar refractivity (Wildman–Crippen MR) is 56.8 cm³/mol. The average molecular weight is 191 g/mol. The van der Waals surface area contributed by atoms with Gasteiger partial charge in [-0.15, -0.1) is 0 Å². The van der Waals surface area contributed by atoms with Gasteiger partial charge in [-0.25, -0.2) is 0 Å². The molecular weight excluding hydrogens is 182 g/mol. The Hall–Kier alpha value is -1.35. The first-order valence-electron chi connectivity index (χ1n) is 3.98. The summed E-state index contributed by atoms with van der Waals surface area (Å²) >= 11 is 4.95. The second kappa shape index (κ2) is 2.85. The van der Waals surface area contributed by atoms with E-state index in [1.54, 1.807) is 0 Å². The molecule has 1 aromatic heterocycles. The lowest BCUT2D eigenvalue weighted by Crippen LogP contribution is -2.09. The van der Waals surface area contributed by atoms with Crippen molar-refractivity contribution in [3.05, 3.63) is 35.6 Å². The van der Waals surface area contributed by atoms with Crippen LogP contribution in [0.15, 0.2) is 28.7 Å². The van der Waals surface area contributed by atoms with Crippen molar-refractivity contribution in [2.24, 2.45) is 5.73 Å². The monoisotopic (exact) mass is 191 g/mol. The summed E-state index contributed by atoms with van der Waals surface area (Å²) in [6, 6.07) is 7.73. The van der Waals surface area contributed by atoms with E-state index in [9.17, 15) is 0 Å². The highest BCUT2D eigenvalue weighted by Gasteiger charge is 2.11. The van der Waals surface area contributed by atoms with E-state index in [1.807, 2.05) is 31.2 Å². The van der Waals surface area contributed by atoms with Gasteiger partial charge in [-0.2, -0.15) is 0 Å². The second-order valence-corrected chi connectivity index (χ2v) is 3.33. The van der Waals surface area contributed by atoms with Crippen molar-refractivity contribution in [1.82, 2.24) is 0 Å². The zero-order chi connectivity index (χ0) is 9.42. The number of rotatable bonds is 1. The van der Waals surface area contributed by atoms with Crippen molar-refractivity contribution in [3.63, 3.8) is 0 Å². The zero-order valence-electron chi connectivity index (χ0n) is 7.20. The van der Waals surface area contributed by atoms with E-state index in [0.29, 0.717) is 4.99 Å². The minimum Gasteiger partial charge on any atom is -0.461 e. The van der Waals surface area contributed by atoms with Crippen LogP contribution in [-0.2, 0) is 0 Å². The van der Waals surface area contributed by atoms with Gasteiger partial charge in [0.05, 0.1) is 5.56 Å². The van der Waals surface area contributed by atoms with Crippen LogP contribution in [0.25, 0.3) is 11.0 Å². The molecule has 0 saturated heterocycles. The van der Waals surface area contributed by atoms with Gasteiger partial charge in [-0.3, -0.25) is 0 Å². The SMILES string of the molecule is Cc1oc2ccccc2c1C(N)=S. The van der Waals surface area contributed by atoms with E-state index in [-0.39, 0.29) is 0 Å². The average Bonchev–Trinajstić information content (AvgIpc) is 2.39. The molecule has 0 spiro atoms. The topological polar surface area (TPSA) is 39.2 Å². The largest absolute Gasteiger partial charge is 0.461 e. The number of aryl methyl sites for hydroxylation is 1. The third-order valence-electron chi connectivity index (χ3n) is 2.02. The second-order valence-electron chi connectivity index (χ2n) is 2.89. The molecule has 13 heavy (non-hydrogen) atoms. The summed E-state index contributed by atoms with van der Waals surface area (Å²) in [5.41, 5.74) is 7.28. The van der Waals surface area contributed by atoms with Crippen LogP contribution < -0.4 is 5.73 Å². The van der Waals surface area contributed by atoms with Gasteiger partial charge < -0.3 is 10.2 Å². The van der Waals surface area contributed by atoms with Crippen molar-refractivity contribution >= 4 is 28.2 Å². The molecular formula is C10H9NOS. The van der Waals surface area contributed by atoms with E-state index in [4.69, 9.17) is 22.4 Å². The van der Waals surface area contributed by atoms with Gasteiger partial charge in [0.25, 0.3) is 0 Å². The van der Waals surface area contributed by atoms with Crippen LogP contribution >= 0.6 is 12.2 Å². The highest BCUT2D eigenvalue weighted by Crippen LogP contribution is 2.24. The smallest absolute Gasteiger partial charge is 0.135 e. The summed E-state index contributed by atoms with van der Waals surface area (Å²) in [7, 11) is 0. The molecule has 2 rings (SSSR count). The number of hydrogen-bond acceptors (Lipinski definition) is 2. The highest BCUT2D eigenvalue weighted by atomic mass is 32.1.